The van der Waals surface area contributed by atoms with Gasteiger partial charge in [0.05, 0.1) is 18.9 Å². The van der Waals surface area contributed by atoms with Crippen LogP contribution in [-0.2, 0) is 9.53 Å². The van der Waals surface area contributed by atoms with E-state index in [0.717, 1.165) is 33.6 Å². The minimum absolute atomic E-state index is 0.159. The zero-order chi connectivity index (χ0) is 24.1. The fourth-order valence-electron chi connectivity index (χ4n) is 3.78. The van der Waals surface area contributed by atoms with Crippen molar-refractivity contribution in [3.63, 3.8) is 0 Å². The first kappa shape index (κ1) is 24.1. The van der Waals surface area contributed by atoms with Crippen LogP contribution in [0.4, 0.5) is 15.8 Å². The smallest absolute Gasteiger partial charge is 0.344 e. The number of halogens is 1. The third-order valence-electron chi connectivity index (χ3n) is 5.30. The van der Waals surface area contributed by atoms with Crippen LogP contribution < -0.4 is 14.4 Å². The maximum atomic E-state index is 13.8. The van der Waals surface area contributed by atoms with Crippen LogP contribution in [0.15, 0.2) is 54.6 Å². The lowest BCUT2D eigenvalue weighted by atomic mass is 10.0. The molecule has 0 aliphatic carbocycles. The zero-order valence-electron chi connectivity index (χ0n) is 19.9. The minimum atomic E-state index is -0.410. The minimum Gasteiger partial charge on any atom is -0.497 e. The van der Waals surface area contributed by atoms with E-state index >= 15 is 0 Å². The van der Waals surface area contributed by atoms with Crippen molar-refractivity contribution in [1.29, 1.82) is 0 Å². The number of nitrogens with zero attached hydrogens (tertiary/aromatic N) is 1. The van der Waals surface area contributed by atoms with Crippen molar-refractivity contribution in [2.75, 3.05) is 25.7 Å². The molecular weight excluding hydrogens is 421 g/mol. The van der Waals surface area contributed by atoms with Gasteiger partial charge in [0.2, 0.25) is 0 Å². The van der Waals surface area contributed by atoms with E-state index in [1.54, 1.807) is 27.0 Å². The fourth-order valence-corrected chi connectivity index (χ4v) is 3.78. The van der Waals surface area contributed by atoms with Gasteiger partial charge in [-0.3, -0.25) is 0 Å². The first-order valence-electron chi connectivity index (χ1n) is 10.8. The Morgan fingerprint density at radius 3 is 2.45 bits per heavy atom. The van der Waals surface area contributed by atoms with Crippen LogP contribution in [0.2, 0.25) is 0 Å². The molecule has 0 radical (unpaired) electrons. The zero-order valence-corrected chi connectivity index (χ0v) is 19.9. The van der Waals surface area contributed by atoms with E-state index in [-0.39, 0.29) is 18.5 Å². The average molecular weight is 452 g/mol. The standard InChI is InChI=1S/C27H30FNO4/c1-17(2)33-26(30)16-32-25-11-10-18(3)27(19(25)4)29(5)23-13-21(14-24(15-23)31-6)20-8-7-9-22(28)12-20/h7-15,17H,16H2,1-6H3. The SMILES string of the molecule is COc1cc(-c2cccc(F)c2)cc(N(C)c2c(C)ccc(OCC(=O)OC(C)C)c2C)c1. The topological polar surface area (TPSA) is 48.0 Å². The van der Waals surface area contributed by atoms with E-state index in [0.29, 0.717) is 11.5 Å². The monoisotopic (exact) mass is 451 g/mol. The highest BCUT2D eigenvalue weighted by Gasteiger charge is 2.17. The van der Waals surface area contributed by atoms with Crippen molar-refractivity contribution >= 4 is 17.3 Å². The van der Waals surface area contributed by atoms with Crippen LogP contribution >= 0.6 is 0 Å². The molecule has 33 heavy (non-hydrogen) atoms. The first-order chi connectivity index (χ1) is 15.7. The molecule has 0 saturated carbocycles. The maximum absolute atomic E-state index is 13.8. The number of benzene rings is 3. The lowest BCUT2D eigenvalue weighted by Gasteiger charge is -2.26. The Bertz CT molecular complexity index is 1140. The van der Waals surface area contributed by atoms with E-state index in [1.807, 2.05) is 62.2 Å². The summed E-state index contributed by atoms with van der Waals surface area (Å²) in [6.07, 6.45) is -0.192. The van der Waals surface area contributed by atoms with Crippen molar-refractivity contribution in [1.82, 2.24) is 0 Å². The first-order valence-corrected chi connectivity index (χ1v) is 10.8. The van der Waals surface area contributed by atoms with Crippen molar-refractivity contribution in [3.05, 3.63) is 71.5 Å². The lowest BCUT2D eigenvalue weighted by molar-refractivity contribution is -0.149. The molecule has 6 heteroatoms. The predicted molar refractivity (Wildman–Crippen MR) is 129 cm³/mol. The summed E-state index contributed by atoms with van der Waals surface area (Å²) in [5.74, 6) is 0.569. The molecule has 0 aliphatic heterocycles. The van der Waals surface area contributed by atoms with Crippen LogP contribution in [0.3, 0.4) is 0 Å². The summed E-state index contributed by atoms with van der Waals surface area (Å²) in [5.41, 5.74) is 5.36. The second kappa shape index (κ2) is 10.4. The number of esters is 1. The molecule has 3 rings (SSSR count). The quantitative estimate of drug-likeness (QED) is 0.381. The molecular formula is C27H30FNO4. The highest BCUT2D eigenvalue weighted by Crippen LogP contribution is 2.38. The molecule has 3 aromatic rings. The van der Waals surface area contributed by atoms with Gasteiger partial charge in [-0.1, -0.05) is 18.2 Å². The van der Waals surface area contributed by atoms with Crippen LogP contribution in [0.1, 0.15) is 25.0 Å². The largest absolute Gasteiger partial charge is 0.497 e. The number of ether oxygens (including phenoxy) is 3. The molecule has 0 amide bonds. The number of hydrogen-bond donors (Lipinski definition) is 0. The van der Waals surface area contributed by atoms with Crippen LogP contribution in [0.5, 0.6) is 11.5 Å². The Hall–Kier alpha value is -3.54. The summed E-state index contributed by atoms with van der Waals surface area (Å²) in [4.78, 5) is 14.0. The van der Waals surface area contributed by atoms with Crippen molar-refractivity contribution < 1.29 is 23.4 Å². The van der Waals surface area contributed by atoms with E-state index in [1.165, 1.54) is 12.1 Å². The van der Waals surface area contributed by atoms with Crippen LogP contribution in [0, 0.1) is 19.7 Å². The van der Waals surface area contributed by atoms with Gasteiger partial charge in [-0.2, -0.15) is 0 Å². The van der Waals surface area contributed by atoms with E-state index in [2.05, 4.69) is 0 Å². The molecule has 0 N–H and O–H groups in total. The Labute approximate surface area is 194 Å². The Morgan fingerprint density at radius 1 is 1.03 bits per heavy atom. The number of hydrogen-bond acceptors (Lipinski definition) is 5. The Morgan fingerprint density at radius 2 is 1.79 bits per heavy atom. The van der Waals surface area contributed by atoms with Gasteiger partial charge in [-0.25, -0.2) is 9.18 Å². The molecule has 0 saturated heterocycles. The number of rotatable bonds is 8. The summed E-state index contributed by atoms with van der Waals surface area (Å²) in [5, 5.41) is 0. The summed E-state index contributed by atoms with van der Waals surface area (Å²) in [6.45, 7) is 7.41. The summed E-state index contributed by atoms with van der Waals surface area (Å²) >= 11 is 0. The third kappa shape index (κ3) is 5.83. The molecule has 0 unspecified atom stereocenters. The highest BCUT2D eigenvalue weighted by atomic mass is 19.1. The van der Waals surface area contributed by atoms with E-state index < -0.39 is 5.97 Å². The van der Waals surface area contributed by atoms with Gasteiger partial charge in [-0.15, -0.1) is 0 Å². The molecule has 0 atom stereocenters. The molecule has 5 nitrogen and oxygen atoms in total. The van der Waals surface area contributed by atoms with Crippen molar-refractivity contribution in [3.8, 4) is 22.6 Å². The number of aryl methyl sites for hydroxylation is 1. The average Bonchev–Trinajstić information content (AvgIpc) is 2.77. The third-order valence-corrected chi connectivity index (χ3v) is 5.30. The molecule has 3 aromatic carbocycles. The second-order valence-corrected chi connectivity index (χ2v) is 8.17. The molecule has 0 fully saturated rings. The maximum Gasteiger partial charge on any atom is 0.344 e. The molecule has 0 spiro atoms. The number of anilines is 2. The number of methoxy groups -OCH3 is 1. The Kier molecular flexibility index (Phi) is 7.59. The normalized spacial score (nSPS) is 10.8. The van der Waals surface area contributed by atoms with Gasteiger partial charge in [0, 0.05) is 24.4 Å². The molecule has 174 valence electrons. The van der Waals surface area contributed by atoms with Gasteiger partial charge in [-0.05, 0) is 74.7 Å². The van der Waals surface area contributed by atoms with Gasteiger partial charge in [0.1, 0.15) is 17.3 Å². The molecule has 0 aliphatic rings. The summed E-state index contributed by atoms with van der Waals surface area (Å²) in [7, 11) is 3.56. The molecule has 0 bridgehead atoms. The van der Waals surface area contributed by atoms with Crippen LogP contribution in [-0.4, -0.2) is 32.8 Å². The number of carbonyl (C=O) groups is 1. The lowest BCUT2D eigenvalue weighted by Crippen LogP contribution is -2.19. The molecule has 0 aromatic heterocycles. The van der Waals surface area contributed by atoms with Gasteiger partial charge < -0.3 is 19.1 Å². The van der Waals surface area contributed by atoms with Gasteiger partial charge >= 0.3 is 5.97 Å². The summed E-state index contributed by atoms with van der Waals surface area (Å²) in [6, 6.07) is 16.1. The van der Waals surface area contributed by atoms with E-state index in [4.69, 9.17) is 14.2 Å². The number of carbonyl (C=O) groups excluding carboxylic acids is 1. The van der Waals surface area contributed by atoms with Crippen molar-refractivity contribution in [2.24, 2.45) is 0 Å². The predicted octanol–water partition coefficient (Wildman–Crippen LogP) is 6.22. The van der Waals surface area contributed by atoms with E-state index in [9.17, 15) is 9.18 Å². The summed E-state index contributed by atoms with van der Waals surface area (Å²) < 4.78 is 30.3. The van der Waals surface area contributed by atoms with Crippen molar-refractivity contribution in [2.45, 2.75) is 33.8 Å². The Balaban J connectivity index is 1.97. The van der Waals surface area contributed by atoms with Gasteiger partial charge in [0.25, 0.3) is 0 Å². The van der Waals surface area contributed by atoms with Crippen LogP contribution in [0.25, 0.3) is 11.1 Å². The molecule has 0 heterocycles. The fraction of sp³-hybridized carbons (Fsp3) is 0.296. The second-order valence-electron chi connectivity index (χ2n) is 8.17. The van der Waals surface area contributed by atoms with Gasteiger partial charge in [0.15, 0.2) is 6.61 Å². The highest BCUT2D eigenvalue weighted by molar-refractivity contribution is 5.77.